The molecule has 17 heavy (non-hydrogen) atoms. The Morgan fingerprint density at radius 3 is 2.35 bits per heavy atom. The molecule has 0 aliphatic heterocycles. The van der Waals surface area contributed by atoms with Crippen molar-refractivity contribution >= 4 is 5.69 Å². The van der Waals surface area contributed by atoms with Gasteiger partial charge in [-0.25, -0.2) is 0 Å². The zero-order valence-corrected chi connectivity index (χ0v) is 9.01. The highest BCUT2D eigenvalue weighted by Crippen LogP contribution is 2.38. The zero-order valence-electron chi connectivity index (χ0n) is 9.01. The summed E-state index contributed by atoms with van der Waals surface area (Å²) in [6, 6.07) is 6.77. The molecule has 2 rings (SSSR count). The lowest BCUT2D eigenvalue weighted by molar-refractivity contribution is -0.137. The van der Waals surface area contributed by atoms with Crippen molar-refractivity contribution in [3.63, 3.8) is 0 Å². The van der Waals surface area contributed by atoms with E-state index in [1.807, 2.05) is 0 Å². The number of alkyl halides is 3. The first-order valence-corrected chi connectivity index (χ1v) is 4.91. The van der Waals surface area contributed by atoms with Crippen LogP contribution in [0.2, 0.25) is 0 Å². The number of nitrogen functional groups attached to an aromatic ring is 1. The van der Waals surface area contributed by atoms with E-state index >= 15 is 0 Å². The molecule has 1 aromatic carbocycles. The molecule has 5 heteroatoms. The fraction of sp³-hybridized carbons (Fsp3) is 0.167. The molecule has 2 nitrogen and oxygen atoms in total. The van der Waals surface area contributed by atoms with Gasteiger partial charge in [0.05, 0.1) is 5.56 Å². The standard InChI is InChI=1S/C12H10F3NO/c1-7-2-5-11(17-7)9-4-3-8(16)6-10(9)12(13,14)15/h2-6H,16H2,1H3. The molecular weight excluding hydrogens is 231 g/mol. The molecule has 0 aliphatic carbocycles. The molecule has 1 aromatic heterocycles. The van der Waals surface area contributed by atoms with Gasteiger partial charge < -0.3 is 10.2 Å². The van der Waals surface area contributed by atoms with Crippen molar-refractivity contribution in [3.8, 4) is 11.3 Å². The SMILES string of the molecule is Cc1ccc(-c2ccc(N)cc2C(F)(F)F)o1. The number of hydrogen-bond acceptors (Lipinski definition) is 2. The third kappa shape index (κ3) is 2.27. The van der Waals surface area contributed by atoms with E-state index in [-0.39, 0.29) is 17.0 Å². The average molecular weight is 241 g/mol. The number of anilines is 1. The molecule has 0 saturated carbocycles. The Morgan fingerprint density at radius 2 is 1.82 bits per heavy atom. The fourth-order valence-electron chi connectivity index (χ4n) is 1.59. The first kappa shape index (κ1) is 11.6. The molecule has 0 amide bonds. The summed E-state index contributed by atoms with van der Waals surface area (Å²) in [6.07, 6.45) is -4.45. The van der Waals surface area contributed by atoms with Crippen LogP contribution in [0, 0.1) is 6.92 Å². The molecule has 1 heterocycles. The van der Waals surface area contributed by atoms with Gasteiger partial charge in [0, 0.05) is 11.3 Å². The second-order valence-electron chi connectivity index (χ2n) is 3.71. The molecule has 2 N–H and O–H groups in total. The van der Waals surface area contributed by atoms with Crippen LogP contribution in [0.1, 0.15) is 11.3 Å². The summed E-state index contributed by atoms with van der Waals surface area (Å²) in [4.78, 5) is 0. The maximum absolute atomic E-state index is 12.8. The van der Waals surface area contributed by atoms with Crippen LogP contribution in [0.25, 0.3) is 11.3 Å². The number of hydrogen-bond donors (Lipinski definition) is 1. The highest BCUT2D eigenvalue weighted by molar-refractivity contribution is 5.66. The topological polar surface area (TPSA) is 39.2 Å². The molecular formula is C12H10F3NO. The van der Waals surface area contributed by atoms with E-state index in [2.05, 4.69) is 0 Å². The van der Waals surface area contributed by atoms with Crippen molar-refractivity contribution in [2.75, 3.05) is 5.73 Å². The molecule has 0 bridgehead atoms. The number of halogens is 3. The third-order valence-electron chi connectivity index (χ3n) is 2.35. The van der Waals surface area contributed by atoms with Gasteiger partial charge in [-0.05, 0) is 37.3 Å². The molecule has 0 saturated heterocycles. The van der Waals surface area contributed by atoms with E-state index in [4.69, 9.17) is 10.2 Å². The Bertz CT molecular complexity index is 543. The minimum atomic E-state index is -4.45. The van der Waals surface area contributed by atoms with Crippen LogP contribution >= 0.6 is 0 Å². The summed E-state index contributed by atoms with van der Waals surface area (Å²) in [5, 5.41) is 0. The monoisotopic (exact) mass is 241 g/mol. The van der Waals surface area contributed by atoms with E-state index < -0.39 is 11.7 Å². The van der Waals surface area contributed by atoms with Crippen LogP contribution in [0.5, 0.6) is 0 Å². The van der Waals surface area contributed by atoms with E-state index in [0.29, 0.717) is 5.76 Å². The maximum Gasteiger partial charge on any atom is 0.417 e. The summed E-state index contributed by atoms with van der Waals surface area (Å²) in [5.74, 6) is 0.750. The van der Waals surface area contributed by atoms with Gasteiger partial charge in [0.25, 0.3) is 0 Å². The van der Waals surface area contributed by atoms with Gasteiger partial charge in [0.15, 0.2) is 0 Å². The second-order valence-corrected chi connectivity index (χ2v) is 3.71. The van der Waals surface area contributed by atoms with Crippen molar-refractivity contribution in [2.45, 2.75) is 13.1 Å². The molecule has 0 radical (unpaired) electrons. The molecule has 0 fully saturated rings. The van der Waals surface area contributed by atoms with E-state index in [1.165, 1.54) is 18.2 Å². The molecule has 90 valence electrons. The predicted molar refractivity (Wildman–Crippen MR) is 58.3 cm³/mol. The highest BCUT2D eigenvalue weighted by Gasteiger charge is 2.34. The Balaban J connectivity index is 2.61. The van der Waals surface area contributed by atoms with Crippen molar-refractivity contribution in [3.05, 3.63) is 41.7 Å². The summed E-state index contributed by atoms with van der Waals surface area (Å²) in [5.41, 5.74) is 4.66. The number of nitrogens with two attached hydrogens (primary N) is 1. The van der Waals surface area contributed by atoms with E-state index in [1.54, 1.807) is 13.0 Å². The zero-order chi connectivity index (χ0) is 12.6. The number of furan rings is 1. The first-order chi connectivity index (χ1) is 7.88. The Kier molecular flexibility index (Phi) is 2.61. The van der Waals surface area contributed by atoms with Crippen LogP contribution in [-0.4, -0.2) is 0 Å². The molecule has 0 unspecified atom stereocenters. The van der Waals surface area contributed by atoms with Crippen LogP contribution in [0.4, 0.5) is 18.9 Å². The lowest BCUT2D eigenvalue weighted by Gasteiger charge is -2.11. The van der Waals surface area contributed by atoms with Crippen molar-refractivity contribution in [1.82, 2.24) is 0 Å². The summed E-state index contributed by atoms with van der Waals surface area (Å²) >= 11 is 0. The molecule has 2 aromatic rings. The smallest absolute Gasteiger partial charge is 0.417 e. The second kappa shape index (κ2) is 3.84. The van der Waals surface area contributed by atoms with E-state index in [0.717, 1.165) is 6.07 Å². The minimum absolute atomic E-state index is 0.000185. The number of rotatable bonds is 1. The number of aryl methyl sites for hydroxylation is 1. The highest BCUT2D eigenvalue weighted by atomic mass is 19.4. The van der Waals surface area contributed by atoms with Crippen molar-refractivity contribution in [1.29, 1.82) is 0 Å². The van der Waals surface area contributed by atoms with Crippen molar-refractivity contribution in [2.24, 2.45) is 0 Å². The van der Waals surface area contributed by atoms with Gasteiger partial charge in [-0.1, -0.05) is 0 Å². The lowest BCUT2D eigenvalue weighted by atomic mass is 10.0. The summed E-state index contributed by atoms with van der Waals surface area (Å²) in [7, 11) is 0. The van der Waals surface area contributed by atoms with Crippen molar-refractivity contribution < 1.29 is 17.6 Å². The third-order valence-corrected chi connectivity index (χ3v) is 2.35. The van der Waals surface area contributed by atoms with Crippen LogP contribution in [0.15, 0.2) is 34.7 Å². The molecule has 0 spiro atoms. The predicted octanol–water partition coefficient (Wildman–Crippen LogP) is 3.86. The fourth-order valence-corrected chi connectivity index (χ4v) is 1.59. The van der Waals surface area contributed by atoms with Gasteiger partial charge in [-0.3, -0.25) is 0 Å². The first-order valence-electron chi connectivity index (χ1n) is 4.91. The van der Waals surface area contributed by atoms with Crippen LogP contribution in [0.3, 0.4) is 0 Å². The Labute approximate surface area is 95.8 Å². The maximum atomic E-state index is 12.8. The Hall–Kier alpha value is -1.91. The van der Waals surface area contributed by atoms with Gasteiger partial charge >= 0.3 is 6.18 Å². The minimum Gasteiger partial charge on any atom is -0.461 e. The van der Waals surface area contributed by atoms with Gasteiger partial charge in [0.1, 0.15) is 11.5 Å². The van der Waals surface area contributed by atoms with Crippen LogP contribution < -0.4 is 5.73 Å². The van der Waals surface area contributed by atoms with Gasteiger partial charge in [0.2, 0.25) is 0 Å². The van der Waals surface area contributed by atoms with E-state index in [9.17, 15) is 13.2 Å². The lowest BCUT2D eigenvalue weighted by Crippen LogP contribution is -2.07. The van der Waals surface area contributed by atoms with Gasteiger partial charge in [-0.2, -0.15) is 13.2 Å². The summed E-state index contributed by atoms with van der Waals surface area (Å²) < 4.78 is 43.7. The summed E-state index contributed by atoms with van der Waals surface area (Å²) in [6.45, 7) is 1.67. The Morgan fingerprint density at radius 1 is 1.12 bits per heavy atom. The van der Waals surface area contributed by atoms with Gasteiger partial charge in [-0.15, -0.1) is 0 Å². The average Bonchev–Trinajstić information content (AvgIpc) is 2.63. The molecule has 0 aliphatic rings. The van der Waals surface area contributed by atoms with Crippen LogP contribution in [-0.2, 0) is 6.18 Å². The quantitative estimate of drug-likeness (QED) is 0.770. The normalized spacial score (nSPS) is 11.8. The number of benzene rings is 1. The molecule has 0 atom stereocenters. The largest absolute Gasteiger partial charge is 0.461 e.